The molecule has 23 heavy (non-hydrogen) atoms. The molecule has 0 spiro atoms. The number of aliphatic imine (C=N–C) groups is 1. The smallest absolute Gasteiger partial charge is 0.193 e. The Morgan fingerprint density at radius 2 is 1.87 bits per heavy atom. The minimum atomic E-state index is 0.546. The highest BCUT2D eigenvalue weighted by atomic mass is 16.5. The Labute approximate surface area is 141 Å². The Kier molecular flexibility index (Phi) is 9.14. The summed E-state index contributed by atoms with van der Waals surface area (Å²) in [5.74, 6) is 1.84. The van der Waals surface area contributed by atoms with E-state index in [0.717, 1.165) is 37.9 Å². The van der Waals surface area contributed by atoms with Crippen molar-refractivity contribution in [2.75, 3.05) is 46.9 Å². The highest BCUT2D eigenvalue weighted by Crippen LogP contribution is 2.07. The minimum absolute atomic E-state index is 0.546. The second-order valence-corrected chi connectivity index (χ2v) is 5.89. The lowest BCUT2D eigenvalue weighted by molar-refractivity contribution is 0.276. The first-order valence-electron chi connectivity index (χ1n) is 8.42. The second-order valence-electron chi connectivity index (χ2n) is 5.89. The average molecular weight is 320 g/mol. The van der Waals surface area contributed by atoms with E-state index in [2.05, 4.69) is 42.9 Å². The van der Waals surface area contributed by atoms with Crippen molar-refractivity contribution in [2.45, 2.75) is 26.8 Å². The minimum Gasteiger partial charge on any atom is -0.492 e. The number of nitrogens with one attached hydrogen (secondary N) is 1. The van der Waals surface area contributed by atoms with Gasteiger partial charge in [-0.25, -0.2) is 0 Å². The molecule has 0 aromatic heterocycles. The molecule has 0 saturated carbocycles. The maximum atomic E-state index is 5.75. The largest absolute Gasteiger partial charge is 0.492 e. The number of rotatable bonds is 9. The van der Waals surface area contributed by atoms with Gasteiger partial charge in [0, 0.05) is 26.2 Å². The van der Waals surface area contributed by atoms with Crippen molar-refractivity contribution in [1.29, 1.82) is 0 Å². The summed E-state index contributed by atoms with van der Waals surface area (Å²) in [6.07, 6.45) is 0. The van der Waals surface area contributed by atoms with Crippen LogP contribution in [0.1, 0.15) is 20.8 Å². The second kappa shape index (κ2) is 10.9. The van der Waals surface area contributed by atoms with Crippen LogP contribution in [-0.2, 0) is 0 Å². The molecule has 0 saturated heterocycles. The lowest BCUT2D eigenvalue weighted by Gasteiger charge is -2.23. The summed E-state index contributed by atoms with van der Waals surface area (Å²) in [5.41, 5.74) is 0. The molecule has 1 aromatic rings. The van der Waals surface area contributed by atoms with Crippen LogP contribution in [0.3, 0.4) is 0 Å². The zero-order chi connectivity index (χ0) is 17.1. The Hall–Kier alpha value is -1.75. The van der Waals surface area contributed by atoms with Crippen LogP contribution in [-0.4, -0.2) is 68.7 Å². The molecule has 0 aliphatic carbocycles. The standard InChI is InChI=1S/C18H32N4O/c1-6-19-18(20-12-13-21(4)16(2)3)22(5)14-15-23-17-10-8-7-9-11-17/h7-11,16H,6,12-15H2,1-5H3,(H,19,20). The van der Waals surface area contributed by atoms with Crippen molar-refractivity contribution in [3.8, 4) is 5.75 Å². The maximum Gasteiger partial charge on any atom is 0.193 e. The van der Waals surface area contributed by atoms with Gasteiger partial charge in [0.15, 0.2) is 5.96 Å². The predicted molar refractivity (Wildman–Crippen MR) is 98.3 cm³/mol. The van der Waals surface area contributed by atoms with Crippen molar-refractivity contribution in [2.24, 2.45) is 4.99 Å². The Balaban J connectivity index is 2.42. The summed E-state index contributed by atoms with van der Waals surface area (Å²) in [4.78, 5) is 9.11. The summed E-state index contributed by atoms with van der Waals surface area (Å²) in [6.45, 7) is 10.5. The highest BCUT2D eigenvalue weighted by molar-refractivity contribution is 5.79. The quantitative estimate of drug-likeness (QED) is 0.560. The van der Waals surface area contributed by atoms with E-state index in [1.54, 1.807) is 0 Å². The molecule has 0 fully saturated rings. The van der Waals surface area contributed by atoms with Gasteiger partial charge in [-0.2, -0.15) is 0 Å². The van der Waals surface area contributed by atoms with Gasteiger partial charge in [0.2, 0.25) is 0 Å². The third-order valence-corrected chi connectivity index (χ3v) is 3.73. The molecule has 0 heterocycles. The zero-order valence-electron chi connectivity index (χ0n) is 15.2. The summed E-state index contributed by atoms with van der Waals surface area (Å²) >= 11 is 0. The molecule has 0 amide bonds. The topological polar surface area (TPSA) is 40.1 Å². The first-order valence-corrected chi connectivity index (χ1v) is 8.42. The van der Waals surface area contributed by atoms with Gasteiger partial charge in [-0.1, -0.05) is 18.2 Å². The molecule has 0 aliphatic rings. The van der Waals surface area contributed by atoms with Crippen LogP contribution in [0.5, 0.6) is 5.75 Å². The molecular weight excluding hydrogens is 288 g/mol. The van der Waals surface area contributed by atoms with Crippen LogP contribution >= 0.6 is 0 Å². The summed E-state index contributed by atoms with van der Waals surface area (Å²) in [5, 5.41) is 3.34. The Bertz CT molecular complexity index is 448. The number of hydrogen-bond acceptors (Lipinski definition) is 3. The number of likely N-dealkylation sites (N-methyl/N-ethyl adjacent to an activating group) is 2. The van der Waals surface area contributed by atoms with Crippen LogP contribution in [0.25, 0.3) is 0 Å². The Morgan fingerprint density at radius 1 is 1.17 bits per heavy atom. The van der Waals surface area contributed by atoms with Crippen molar-refractivity contribution in [3.05, 3.63) is 30.3 Å². The fourth-order valence-electron chi connectivity index (χ4n) is 1.96. The molecule has 5 nitrogen and oxygen atoms in total. The number of hydrogen-bond donors (Lipinski definition) is 1. The molecule has 130 valence electrons. The third-order valence-electron chi connectivity index (χ3n) is 3.73. The van der Waals surface area contributed by atoms with Gasteiger partial charge in [0.05, 0.1) is 13.1 Å². The molecule has 0 atom stereocenters. The molecule has 1 N–H and O–H groups in total. The van der Waals surface area contributed by atoms with Gasteiger partial charge in [0.1, 0.15) is 12.4 Å². The highest BCUT2D eigenvalue weighted by Gasteiger charge is 2.07. The Morgan fingerprint density at radius 3 is 2.48 bits per heavy atom. The van der Waals surface area contributed by atoms with E-state index in [1.807, 2.05) is 37.4 Å². The summed E-state index contributed by atoms with van der Waals surface area (Å²) in [6, 6.07) is 10.4. The van der Waals surface area contributed by atoms with Crippen molar-refractivity contribution >= 4 is 5.96 Å². The number of para-hydroxylation sites is 1. The first-order chi connectivity index (χ1) is 11.0. The van der Waals surface area contributed by atoms with Gasteiger partial charge < -0.3 is 19.9 Å². The number of ether oxygens (including phenoxy) is 1. The van der Waals surface area contributed by atoms with E-state index in [0.29, 0.717) is 12.6 Å². The van der Waals surface area contributed by atoms with Gasteiger partial charge in [-0.15, -0.1) is 0 Å². The van der Waals surface area contributed by atoms with E-state index >= 15 is 0 Å². The third kappa shape index (κ3) is 7.88. The van der Waals surface area contributed by atoms with Crippen LogP contribution in [0.2, 0.25) is 0 Å². The van der Waals surface area contributed by atoms with E-state index in [9.17, 15) is 0 Å². The first kappa shape index (κ1) is 19.3. The van der Waals surface area contributed by atoms with Crippen molar-refractivity contribution < 1.29 is 4.74 Å². The molecule has 0 aliphatic heterocycles. The fraction of sp³-hybridized carbons (Fsp3) is 0.611. The molecule has 0 radical (unpaired) electrons. The maximum absolute atomic E-state index is 5.75. The van der Waals surface area contributed by atoms with Crippen LogP contribution < -0.4 is 10.1 Å². The van der Waals surface area contributed by atoms with Crippen molar-refractivity contribution in [1.82, 2.24) is 15.1 Å². The molecule has 5 heteroatoms. The molecular formula is C18H32N4O. The van der Waals surface area contributed by atoms with Gasteiger partial charge >= 0.3 is 0 Å². The van der Waals surface area contributed by atoms with Gasteiger partial charge in [-0.05, 0) is 40.0 Å². The van der Waals surface area contributed by atoms with Crippen molar-refractivity contribution in [3.63, 3.8) is 0 Å². The lowest BCUT2D eigenvalue weighted by Crippen LogP contribution is -2.41. The monoisotopic (exact) mass is 320 g/mol. The van der Waals surface area contributed by atoms with Gasteiger partial charge in [-0.3, -0.25) is 4.99 Å². The van der Waals surface area contributed by atoms with E-state index in [4.69, 9.17) is 9.73 Å². The molecule has 1 aromatic carbocycles. The number of benzene rings is 1. The molecule has 0 bridgehead atoms. The summed E-state index contributed by atoms with van der Waals surface area (Å²) < 4.78 is 5.75. The summed E-state index contributed by atoms with van der Waals surface area (Å²) in [7, 11) is 4.17. The van der Waals surface area contributed by atoms with E-state index in [-0.39, 0.29) is 0 Å². The van der Waals surface area contributed by atoms with Crippen LogP contribution in [0.4, 0.5) is 0 Å². The average Bonchev–Trinajstić information content (AvgIpc) is 2.54. The van der Waals surface area contributed by atoms with Gasteiger partial charge in [0.25, 0.3) is 0 Å². The SMILES string of the molecule is CCNC(=NCCN(C)C(C)C)N(C)CCOc1ccccc1. The normalized spacial score (nSPS) is 11.9. The predicted octanol–water partition coefficient (Wildman–Crippen LogP) is 2.30. The number of nitrogens with zero attached hydrogens (tertiary/aromatic N) is 3. The molecule has 1 rings (SSSR count). The van der Waals surface area contributed by atoms with Crippen LogP contribution in [0, 0.1) is 0 Å². The van der Waals surface area contributed by atoms with Crippen LogP contribution in [0.15, 0.2) is 35.3 Å². The van der Waals surface area contributed by atoms with E-state index < -0.39 is 0 Å². The lowest BCUT2D eigenvalue weighted by atomic mass is 10.3. The zero-order valence-corrected chi connectivity index (χ0v) is 15.2. The molecule has 0 unspecified atom stereocenters. The number of guanidine groups is 1. The van der Waals surface area contributed by atoms with E-state index in [1.165, 1.54) is 0 Å². The fourth-order valence-corrected chi connectivity index (χ4v) is 1.96.